The molecule has 272 valence electrons. The molecule has 0 amide bonds. The minimum atomic E-state index is -4.94. The molecule has 7 aromatic heterocycles. The van der Waals surface area contributed by atoms with Crippen LogP contribution in [0.5, 0.6) is 5.75 Å². The molecule has 7 heterocycles. The van der Waals surface area contributed by atoms with Crippen LogP contribution < -0.4 is 28.4 Å². The van der Waals surface area contributed by atoms with Gasteiger partial charge in [-0.05, 0) is 59.7 Å². The molecule has 0 unspecified atom stereocenters. The van der Waals surface area contributed by atoms with Gasteiger partial charge in [0.1, 0.15) is 11.6 Å². The van der Waals surface area contributed by atoms with Crippen molar-refractivity contribution in [3.05, 3.63) is 140 Å². The van der Waals surface area contributed by atoms with Gasteiger partial charge in [-0.15, -0.1) is 10.2 Å². The number of pyridine rings is 5. The van der Waals surface area contributed by atoms with E-state index >= 15 is 0 Å². The van der Waals surface area contributed by atoms with E-state index in [2.05, 4.69) is 93.6 Å². The van der Waals surface area contributed by atoms with Gasteiger partial charge >= 0.3 is 19.5 Å². The van der Waals surface area contributed by atoms with Gasteiger partial charge in [-0.3, -0.25) is 24.9 Å². The number of fused-ring (bicyclic) bond motifs is 9. The summed E-state index contributed by atoms with van der Waals surface area (Å²) in [5, 5.41) is 13.8. The minimum Gasteiger partial charge on any atom is -0.497 e. The Hall–Kier alpha value is -6.19. The van der Waals surface area contributed by atoms with Crippen LogP contribution in [0.15, 0.2) is 140 Å². The number of nitrogens with zero attached hydrogens (tertiary/aromatic N) is 9. The second kappa shape index (κ2) is 17.3. The molecule has 10 aromatic rings. The number of aromatic nitrogens is 9. The van der Waals surface area contributed by atoms with E-state index in [0.29, 0.717) is 22.7 Å². The van der Waals surface area contributed by atoms with Crippen molar-refractivity contribution in [3.63, 3.8) is 0 Å². The normalized spacial score (nSPS) is 10.9. The number of benzene rings is 3. The smallest absolute Gasteiger partial charge is 0.497 e. The SMILES string of the molecule is COc1ccc2[n-]c3nc(-c4ccccn4)nnc3c2c1.[O-][Cl+3]([O-])([O-])[O-].[Ru+2].c1cnc2c(c1)ccc1cccnc12.c1cnc2c(c1)ccc1cccnc12. The fourth-order valence-corrected chi connectivity index (χ4v) is 5.58. The van der Waals surface area contributed by atoms with Gasteiger partial charge in [0.15, 0.2) is 0 Å². The van der Waals surface area contributed by atoms with Gasteiger partial charge in [0, 0.05) is 57.9 Å². The molecule has 10 rings (SSSR count). The second-order valence-corrected chi connectivity index (χ2v) is 12.1. The summed E-state index contributed by atoms with van der Waals surface area (Å²) in [5.74, 6) is 1.23. The average Bonchev–Trinajstić information content (AvgIpc) is 3.58. The van der Waals surface area contributed by atoms with Crippen molar-refractivity contribution < 1.29 is 53.1 Å². The maximum absolute atomic E-state index is 8.49. The van der Waals surface area contributed by atoms with E-state index in [9.17, 15) is 0 Å². The molecule has 3 aromatic carbocycles. The molecule has 16 heteroatoms. The maximum Gasteiger partial charge on any atom is 2.00 e. The third-order valence-corrected chi connectivity index (χ3v) is 7.94. The van der Waals surface area contributed by atoms with Crippen molar-refractivity contribution in [2.75, 3.05) is 7.11 Å². The Bertz CT molecular complexity index is 2640. The van der Waals surface area contributed by atoms with E-state index in [1.54, 1.807) is 38.1 Å². The third kappa shape index (κ3) is 9.31. The van der Waals surface area contributed by atoms with Crippen LogP contribution in [-0.2, 0) is 19.5 Å². The largest absolute Gasteiger partial charge is 2.00 e. The Morgan fingerprint density at radius 1 is 0.527 bits per heavy atom. The topological polar surface area (TPSA) is 219 Å². The van der Waals surface area contributed by atoms with Crippen LogP contribution in [0.4, 0.5) is 0 Å². The summed E-state index contributed by atoms with van der Waals surface area (Å²) in [7, 11) is -3.32. The van der Waals surface area contributed by atoms with Gasteiger partial charge < -0.3 is 14.7 Å². The molecule has 55 heavy (non-hydrogen) atoms. The fourth-order valence-electron chi connectivity index (χ4n) is 5.58. The van der Waals surface area contributed by atoms with Crippen LogP contribution >= 0.6 is 0 Å². The molecule has 0 atom stereocenters. The molecule has 0 saturated heterocycles. The molecule has 0 aliphatic heterocycles. The average molecular weight is 837 g/mol. The first-order valence-corrected chi connectivity index (χ1v) is 17.3. The quantitative estimate of drug-likeness (QED) is 0.181. The van der Waals surface area contributed by atoms with E-state index in [0.717, 1.165) is 60.3 Å². The Balaban J connectivity index is 0.000000134. The Kier molecular flexibility index (Phi) is 12.1. The van der Waals surface area contributed by atoms with E-state index < -0.39 is 10.2 Å². The molecule has 0 radical (unpaired) electrons. The number of hydrogen-bond acceptors (Lipinski definition) is 13. The summed E-state index contributed by atoms with van der Waals surface area (Å²) in [5.41, 5.74) is 6.65. The Morgan fingerprint density at radius 2 is 1.00 bits per heavy atom. The summed E-state index contributed by atoms with van der Waals surface area (Å²) in [6.45, 7) is 0. The van der Waals surface area contributed by atoms with Gasteiger partial charge in [-0.25, -0.2) is 18.6 Å². The maximum atomic E-state index is 8.49. The molecular formula is C39H26ClN9O5Ru. The van der Waals surface area contributed by atoms with E-state index in [4.69, 9.17) is 23.4 Å². The van der Waals surface area contributed by atoms with Crippen LogP contribution in [0.2, 0.25) is 0 Å². The third-order valence-electron chi connectivity index (χ3n) is 7.94. The molecule has 14 nitrogen and oxygen atoms in total. The van der Waals surface area contributed by atoms with Crippen LogP contribution in [0.25, 0.3) is 77.2 Å². The van der Waals surface area contributed by atoms with Gasteiger partial charge in [-0.1, -0.05) is 60.7 Å². The summed E-state index contributed by atoms with van der Waals surface area (Å²) in [6.07, 6.45) is 8.91. The van der Waals surface area contributed by atoms with E-state index in [1.165, 1.54) is 0 Å². The van der Waals surface area contributed by atoms with Crippen LogP contribution in [0, 0.1) is 10.2 Å². The van der Waals surface area contributed by atoms with Crippen molar-refractivity contribution in [2.45, 2.75) is 0 Å². The van der Waals surface area contributed by atoms with Crippen LogP contribution in [-0.4, -0.2) is 47.2 Å². The summed E-state index contributed by atoms with van der Waals surface area (Å²) in [4.78, 5) is 30.5. The van der Waals surface area contributed by atoms with Crippen LogP contribution in [0.1, 0.15) is 0 Å². The zero-order valence-electron chi connectivity index (χ0n) is 28.6. The van der Waals surface area contributed by atoms with Crippen LogP contribution in [0.3, 0.4) is 0 Å². The predicted octanol–water partition coefficient (Wildman–Crippen LogP) is 3.01. The zero-order valence-corrected chi connectivity index (χ0v) is 31.1. The molecule has 0 N–H and O–H groups in total. The predicted molar refractivity (Wildman–Crippen MR) is 192 cm³/mol. The summed E-state index contributed by atoms with van der Waals surface area (Å²) >= 11 is 0. The standard InChI is InChI=1S/C15H10N5O.2C12H8N2.ClHO4.Ru/c1-21-9-5-6-11-10(8-9)13-15(17-11)18-14(20-19-13)12-4-2-3-7-16-12;2*1-3-9-5-6-10-4-2-8-14-12(10)11(9)13-7-1;2-1(3,4)5;/h2-8H,1H3;2*1-8H;(H,2,3,4,5);/q-1;;;;+2/p-1. The minimum absolute atomic E-state index is 0. The van der Waals surface area contributed by atoms with Gasteiger partial charge in [0.25, 0.3) is 0 Å². The number of rotatable bonds is 2. The Labute approximate surface area is 327 Å². The summed E-state index contributed by atoms with van der Waals surface area (Å²) in [6, 6.07) is 35.5. The number of methoxy groups -OCH3 is 1. The van der Waals surface area contributed by atoms with Crippen molar-refractivity contribution in [1.29, 1.82) is 0 Å². The first kappa shape index (κ1) is 38.5. The van der Waals surface area contributed by atoms with Crippen molar-refractivity contribution in [1.82, 2.24) is 45.1 Å². The molecule has 0 fully saturated rings. The van der Waals surface area contributed by atoms with E-state index in [-0.39, 0.29) is 19.5 Å². The Morgan fingerprint density at radius 3 is 1.44 bits per heavy atom. The van der Waals surface area contributed by atoms with E-state index in [1.807, 2.05) is 60.7 Å². The van der Waals surface area contributed by atoms with Crippen molar-refractivity contribution in [3.8, 4) is 17.3 Å². The van der Waals surface area contributed by atoms with Crippen molar-refractivity contribution in [2.24, 2.45) is 0 Å². The summed E-state index contributed by atoms with van der Waals surface area (Å²) < 4.78 is 39.2. The monoisotopic (exact) mass is 837 g/mol. The first-order valence-electron chi connectivity index (χ1n) is 16.1. The first-order chi connectivity index (χ1) is 26.2. The number of halogens is 1. The number of ether oxygens (including phenoxy) is 1. The molecule has 0 aliphatic carbocycles. The molecule has 0 spiro atoms. The second-order valence-electron chi connectivity index (χ2n) is 11.3. The number of hydrogen-bond donors (Lipinski definition) is 0. The zero-order chi connectivity index (χ0) is 37.5. The van der Waals surface area contributed by atoms with Gasteiger partial charge in [0.05, 0.1) is 40.4 Å². The molecular weight excluding hydrogens is 811 g/mol. The molecule has 0 bridgehead atoms. The van der Waals surface area contributed by atoms with Gasteiger partial charge in [-0.2, -0.15) is 10.2 Å². The fraction of sp³-hybridized carbons (Fsp3) is 0.0256. The van der Waals surface area contributed by atoms with Gasteiger partial charge in [0.2, 0.25) is 0 Å². The van der Waals surface area contributed by atoms with Crippen molar-refractivity contribution >= 4 is 65.7 Å². The molecule has 0 aliphatic rings. The molecule has 0 saturated carbocycles.